The number of aryl methyl sites for hydroxylation is 1. The van der Waals surface area contributed by atoms with E-state index in [4.69, 9.17) is 16.3 Å². The monoisotopic (exact) mass is 490 g/mol. The highest BCUT2D eigenvalue weighted by molar-refractivity contribution is 6.52. The Morgan fingerprint density at radius 3 is 2.37 bits per heavy atom. The van der Waals surface area contributed by atoms with Gasteiger partial charge in [0.1, 0.15) is 11.5 Å². The van der Waals surface area contributed by atoms with Crippen molar-refractivity contribution in [3.05, 3.63) is 94.0 Å². The van der Waals surface area contributed by atoms with Crippen LogP contribution in [0.2, 0.25) is 5.02 Å². The molecule has 180 valence electrons. The van der Waals surface area contributed by atoms with Gasteiger partial charge >= 0.3 is 0 Å². The molecule has 1 aliphatic rings. The van der Waals surface area contributed by atoms with E-state index >= 15 is 0 Å². The van der Waals surface area contributed by atoms with Crippen LogP contribution >= 0.6 is 11.6 Å². The van der Waals surface area contributed by atoms with Crippen LogP contribution in [0.4, 0.5) is 11.4 Å². The first-order valence-electron chi connectivity index (χ1n) is 11.3. The number of halogens is 1. The molecule has 1 unspecified atom stereocenters. The van der Waals surface area contributed by atoms with Crippen LogP contribution in [0.15, 0.2) is 72.3 Å². The molecule has 0 spiro atoms. The number of rotatable bonds is 6. The zero-order chi connectivity index (χ0) is 25.3. The molecule has 1 fully saturated rings. The Morgan fingerprint density at radius 1 is 1.06 bits per heavy atom. The molecule has 1 atom stereocenters. The highest BCUT2D eigenvalue weighted by Gasteiger charge is 2.47. The Bertz CT molecular complexity index is 1310. The van der Waals surface area contributed by atoms with Gasteiger partial charge in [-0.3, -0.25) is 14.5 Å². The maximum Gasteiger partial charge on any atom is 0.300 e. The van der Waals surface area contributed by atoms with E-state index < -0.39 is 17.7 Å². The number of carbonyl (C=O) groups excluding carboxylic acids is 2. The van der Waals surface area contributed by atoms with Gasteiger partial charge in [-0.05, 0) is 61.4 Å². The van der Waals surface area contributed by atoms with Gasteiger partial charge in [-0.2, -0.15) is 0 Å². The summed E-state index contributed by atoms with van der Waals surface area (Å²) in [5.74, 6) is -1.32. The van der Waals surface area contributed by atoms with Crippen LogP contribution in [0.1, 0.15) is 29.7 Å². The van der Waals surface area contributed by atoms with Crippen molar-refractivity contribution in [3.63, 3.8) is 0 Å². The van der Waals surface area contributed by atoms with E-state index in [-0.39, 0.29) is 21.9 Å². The van der Waals surface area contributed by atoms with Gasteiger partial charge in [0.25, 0.3) is 11.7 Å². The average Bonchev–Trinajstić information content (AvgIpc) is 3.10. The first kappa shape index (κ1) is 24.4. The molecular formula is C28H27ClN2O4. The lowest BCUT2D eigenvalue weighted by molar-refractivity contribution is -0.132. The van der Waals surface area contributed by atoms with Crippen molar-refractivity contribution in [1.82, 2.24) is 0 Å². The molecule has 4 rings (SSSR count). The normalized spacial score (nSPS) is 17.1. The number of anilines is 2. The lowest BCUT2D eigenvalue weighted by Crippen LogP contribution is -2.30. The molecule has 7 heteroatoms. The highest BCUT2D eigenvalue weighted by atomic mass is 35.5. The molecule has 0 aliphatic carbocycles. The second kappa shape index (κ2) is 9.84. The Labute approximate surface area is 210 Å². The van der Waals surface area contributed by atoms with E-state index in [2.05, 4.69) is 0 Å². The third-order valence-corrected chi connectivity index (χ3v) is 6.38. The molecular weight excluding hydrogens is 464 g/mol. The van der Waals surface area contributed by atoms with Gasteiger partial charge in [-0.25, -0.2) is 0 Å². The number of hydrogen-bond donors (Lipinski definition) is 1. The fourth-order valence-corrected chi connectivity index (χ4v) is 4.48. The summed E-state index contributed by atoms with van der Waals surface area (Å²) < 4.78 is 5.56. The number of benzene rings is 3. The summed E-state index contributed by atoms with van der Waals surface area (Å²) in [7, 11) is 3.86. The molecule has 0 aromatic heterocycles. The van der Waals surface area contributed by atoms with Crippen LogP contribution < -0.4 is 14.5 Å². The molecule has 1 N–H and O–H groups in total. The summed E-state index contributed by atoms with van der Waals surface area (Å²) >= 11 is 6.42. The van der Waals surface area contributed by atoms with Gasteiger partial charge in [0.2, 0.25) is 0 Å². The second-order valence-corrected chi connectivity index (χ2v) is 8.92. The minimum atomic E-state index is -0.834. The topological polar surface area (TPSA) is 70.1 Å². The number of ketones is 1. The SMILES string of the molecule is CCOc1ccc(Cl)c(/C(O)=C2\C(=O)C(=O)N(c3ccccc3C)C2c2ccc(N(C)C)cc2)c1. The standard InChI is InChI=1S/C28H27ClN2O4/c1-5-35-20-14-15-22(29)21(16-20)26(32)24-25(18-10-12-19(13-11-18)30(3)4)31(28(34)27(24)33)23-9-7-6-8-17(23)2/h6-16,25,32H,5H2,1-4H3/b26-24+. The van der Waals surface area contributed by atoms with Gasteiger partial charge in [0.05, 0.1) is 23.2 Å². The maximum absolute atomic E-state index is 13.4. The molecule has 0 radical (unpaired) electrons. The van der Waals surface area contributed by atoms with Crippen LogP contribution in [0.3, 0.4) is 0 Å². The van der Waals surface area contributed by atoms with Gasteiger partial charge in [-0.1, -0.05) is 41.9 Å². The lowest BCUT2D eigenvalue weighted by Gasteiger charge is -2.27. The minimum absolute atomic E-state index is 0.0218. The van der Waals surface area contributed by atoms with E-state index in [9.17, 15) is 14.7 Å². The molecule has 35 heavy (non-hydrogen) atoms. The van der Waals surface area contributed by atoms with Crippen molar-refractivity contribution in [3.8, 4) is 5.75 Å². The predicted molar refractivity (Wildman–Crippen MR) is 139 cm³/mol. The molecule has 0 bridgehead atoms. The first-order chi connectivity index (χ1) is 16.7. The number of ether oxygens (including phenoxy) is 1. The second-order valence-electron chi connectivity index (χ2n) is 8.52. The van der Waals surface area contributed by atoms with E-state index in [0.29, 0.717) is 23.6 Å². The number of aliphatic hydroxyl groups is 1. The fraction of sp³-hybridized carbons (Fsp3) is 0.214. The average molecular weight is 491 g/mol. The minimum Gasteiger partial charge on any atom is -0.507 e. The summed E-state index contributed by atoms with van der Waals surface area (Å²) in [5, 5.41) is 11.7. The van der Waals surface area contributed by atoms with Crippen molar-refractivity contribution < 1.29 is 19.4 Å². The van der Waals surface area contributed by atoms with E-state index in [1.54, 1.807) is 24.3 Å². The quantitative estimate of drug-likeness (QED) is 0.271. The third kappa shape index (κ3) is 4.49. The maximum atomic E-state index is 13.4. The number of hydrogen-bond acceptors (Lipinski definition) is 5. The Morgan fingerprint density at radius 2 is 1.74 bits per heavy atom. The van der Waals surface area contributed by atoms with Crippen molar-refractivity contribution in [2.75, 3.05) is 30.5 Å². The Hall–Kier alpha value is -3.77. The lowest BCUT2D eigenvalue weighted by atomic mass is 9.94. The summed E-state index contributed by atoms with van der Waals surface area (Å²) in [4.78, 5) is 30.2. The smallest absolute Gasteiger partial charge is 0.300 e. The molecule has 1 saturated heterocycles. The van der Waals surface area contributed by atoms with E-state index in [1.807, 2.05) is 75.3 Å². The molecule has 6 nitrogen and oxygen atoms in total. The van der Waals surface area contributed by atoms with Gasteiger partial charge in [0, 0.05) is 31.0 Å². The molecule has 3 aromatic carbocycles. The molecule has 1 heterocycles. The number of Topliss-reactive ketones (excluding diaryl/α,β-unsaturated/α-hetero) is 1. The molecule has 1 aliphatic heterocycles. The van der Waals surface area contributed by atoms with Crippen LogP contribution in [-0.2, 0) is 9.59 Å². The fourth-order valence-electron chi connectivity index (χ4n) is 4.27. The number of carbonyl (C=O) groups is 2. The van der Waals surface area contributed by atoms with Crippen molar-refractivity contribution in [2.24, 2.45) is 0 Å². The van der Waals surface area contributed by atoms with Gasteiger partial charge < -0.3 is 14.7 Å². The van der Waals surface area contributed by atoms with Gasteiger partial charge in [0.15, 0.2) is 0 Å². The molecule has 0 saturated carbocycles. The van der Waals surface area contributed by atoms with E-state index in [1.165, 1.54) is 4.90 Å². The van der Waals surface area contributed by atoms with Crippen molar-refractivity contribution in [1.29, 1.82) is 0 Å². The number of para-hydroxylation sites is 1. The van der Waals surface area contributed by atoms with Crippen LogP contribution in [0.5, 0.6) is 5.75 Å². The van der Waals surface area contributed by atoms with Crippen LogP contribution in [0.25, 0.3) is 5.76 Å². The summed E-state index contributed by atoms with van der Waals surface area (Å²) in [5.41, 5.74) is 3.30. The largest absolute Gasteiger partial charge is 0.507 e. The van der Waals surface area contributed by atoms with Gasteiger partial charge in [-0.15, -0.1) is 0 Å². The zero-order valence-electron chi connectivity index (χ0n) is 20.1. The summed E-state index contributed by atoms with van der Waals surface area (Å²) in [6.45, 7) is 4.15. The van der Waals surface area contributed by atoms with Crippen LogP contribution in [0, 0.1) is 6.92 Å². The Balaban J connectivity index is 1.96. The number of amides is 1. The predicted octanol–water partition coefficient (Wildman–Crippen LogP) is 5.74. The van der Waals surface area contributed by atoms with E-state index in [0.717, 1.165) is 11.3 Å². The number of nitrogens with zero attached hydrogens (tertiary/aromatic N) is 2. The summed E-state index contributed by atoms with van der Waals surface area (Å²) in [6, 6.07) is 18.9. The molecule has 3 aromatic rings. The van der Waals surface area contributed by atoms with Crippen LogP contribution in [-0.4, -0.2) is 37.5 Å². The highest BCUT2D eigenvalue weighted by Crippen LogP contribution is 2.44. The Kier molecular flexibility index (Phi) is 6.85. The zero-order valence-corrected chi connectivity index (χ0v) is 20.8. The first-order valence-corrected chi connectivity index (χ1v) is 11.7. The third-order valence-electron chi connectivity index (χ3n) is 6.05. The van der Waals surface area contributed by atoms with Crippen molar-refractivity contribution in [2.45, 2.75) is 19.9 Å². The summed E-state index contributed by atoms with van der Waals surface area (Å²) in [6.07, 6.45) is 0. The molecule has 1 amide bonds. The number of aliphatic hydroxyl groups excluding tert-OH is 1. The van der Waals surface area contributed by atoms with Crippen molar-refractivity contribution >= 4 is 40.4 Å².